The Kier molecular flexibility index (Phi) is 5.17. The Labute approximate surface area is 169 Å². The van der Waals surface area contributed by atoms with Gasteiger partial charge in [0.1, 0.15) is 5.82 Å². The summed E-state index contributed by atoms with van der Waals surface area (Å²) in [6, 6.07) is 22.4. The minimum Gasteiger partial charge on any atom is -0.348 e. The third-order valence-corrected chi connectivity index (χ3v) is 5.45. The highest BCUT2D eigenvalue weighted by Crippen LogP contribution is 2.27. The lowest BCUT2D eigenvalue weighted by Crippen LogP contribution is -2.22. The van der Waals surface area contributed by atoms with Crippen LogP contribution in [-0.4, -0.2) is 10.5 Å². The highest BCUT2D eigenvalue weighted by molar-refractivity contribution is 5.99. The van der Waals surface area contributed by atoms with Gasteiger partial charge in [-0.1, -0.05) is 42.5 Å². The molecule has 3 nitrogen and oxygen atoms in total. The van der Waals surface area contributed by atoms with Crippen LogP contribution in [0.15, 0.2) is 72.8 Å². The predicted octanol–water partition coefficient (Wildman–Crippen LogP) is 5.38. The van der Waals surface area contributed by atoms with Crippen molar-refractivity contribution < 1.29 is 9.18 Å². The van der Waals surface area contributed by atoms with Crippen molar-refractivity contribution in [3.05, 3.63) is 107 Å². The Hall–Kier alpha value is -3.40. The molecule has 146 valence electrons. The summed E-state index contributed by atoms with van der Waals surface area (Å²) in [4.78, 5) is 12.6. The van der Waals surface area contributed by atoms with E-state index in [1.165, 1.54) is 29.0 Å². The van der Waals surface area contributed by atoms with Crippen LogP contribution < -0.4 is 5.32 Å². The van der Waals surface area contributed by atoms with Gasteiger partial charge in [-0.05, 0) is 60.9 Å². The van der Waals surface area contributed by atoms with Crippen molar-refractivity contribution in [3.63, 3.8) is 0 Å². The van der Waals surface area contributed by atoms with Gasteiger partial charge in [-0.2, -0.15) is 0 Å². The second-order valence-corrected chi connectivity index (χ2v) is 7.32. The third kappa shape index (κ3) is 3.92. The summed E-state index contributed by atoms with van der Waals surface area (Å²) in [5.74, 6) is -0.416. The first-order chi connectivity index (χ1) is 14.0. The number of carbonyl (C=O) groups is 1. The Morgan fingerprint density at radius 3 is 2.38 bits per heavy atom. The average molecular weight is 386 g/mol. The molecule has 0 atom stereocenters. The molecule has 0 aliphatic carbocycles. The molecule has 4 aromatic rings. The first kappa shape index (κ1) is 18.9. The van der Waals surface area contributed by atoms with Crippen LogP contribution in [-0.2, 0) is 13.1 Å². The zero-order valence-electron chi connectivity index (χ0n) is 16.6. The molecule has 0 fully saturated rings. The number of nitrogens with zero attached hydrogens (tertiary/aromatic N) is 1. The van der Waals surface area contributed by atoms with Gasteiger partial charge in [-0.3, -0.25) is 4.79 Å². The SMILES string of the molecule is Cc1c(C)n(Cc2ccccc2)c2ccc(C(=O)NCc3ccc(F)cc3)cc12. The molecule has 0 unspecified atom stereocenters. The van der Waals surface area contributed by atoms with Crippen LogP contribution in [0.3, 0.4) is 0 Å². The summed E-state index contributed by atoms with van der Waals surface area (Å²) in [6.45, 7) is 5.38. The highest BCUT2D eigenvalue weighted by Gasteiger charge is 2.14. The number of aromatic nitrogens is 1. The Balaban J connectivity index is 1.58. The van der Waals surface area contributed by atoms with E-state index in [-0.39, 0.29) is 11.7 Å². The van der Waals surface area contributed by atoms with Crippen LogP contribution in [0.4, 0.5) is 4.39 Å². The van der Waals surface area contributed by atoms with Crippen molar-refractivity contribution in [2.75, 3.05) is 0 Å². The van der Waals surface area contributed by atoms with Gasteiger partial charge in [0.2, 0.25) is 0 Å². The molecule has 0 aliphatic heterocycles. The third-order valence-electron chi connectivity index (χ3n) is 5.45. The van der Waals surface area contributed by atoms with Crippen LogP contribution in [0.25, 0.3) is 10.9 Å². The number of benzene rings is 3. The Morgan fingerprint density at radius 1 is 0.931 bits per heavy atom. The van der Waals surface area contributed by atoms with E-state index < -0.39 is 0 Å². The van der Waals surface area contributed by atoms with Crippen molar-refractivity contribution in [1.82, 2.24) is 9.88 Å². The van der Waals surface area contributed by atoms with Crippen LogP contribution in [0.5, 0.6) is 0 Å². The molecular formula is C25H23FN2O. The molecule has 4 heteroatoms. The fourth-order valence-electron chi connectivity index (χ4n) is 3.65. The molecule has 0 saturated carbocycles. The first-order valence-electron chi connectivity index (χ1n) is 9.69. The number of carbonyl (C=O) groups excluding carboxylic acids is 1. The van der Waals surface area contributed by atoms with Gasteiger partial charge in [0.25, 0.3) is 5.91 Å². The standard InChI is InChI=1S/C25H23FN2O/c1-17-18(2)28(16-20-6-4-3-5-7-20)24-13-10-21(14-23(17)24)25(29)27-15-19-8-11-22(26)12-9-19/h3-14H,15-16H2,1-2H3,(H,27,29). The molecule has 0 spiro atoms. The lowest BCUT2D eigenvalue weighted by molar-refractivity contribution is 0.0951. The molecular weight excluding hydrogens is 363 g/mol. The number of fused-ring (bicyclic) bond motifs is 1. The van der Waals surface area contributed by atoms with Gasteiger partial charge in [-0.15, -0.1) is 0 Å². The van der Waals surface area contributed by atoms with E-state index >= 15 is 0 Å². The maximum absolute atomic E-state index is 13.0. The molecule has 1 amide bonds. The second kappa shape index (κ2) is 7.92. The summed E-state index contributed by atoms with van der Waals surface area (Å²) in [6.07, 6.45) is 0. The average Bonchev–Trinajstić information content (AvgIpc) is 2.98. The van der Waals surface area contributed by atoms with Crippen molar-refractivity contribution >= 4 is 16.8 Å². The second-order valence-electron chi connectivity index (χ2n) is 7.32. The summed E-state index contributed by atoms with van der Waals surface area (Å²) >= 11 is 0. The summed E-state index contributed by atoms with van der Waals surface area (Å²) in [5.41, 5.74) is 6.24. The molecule has 1 N–H and O–H groups in total. The van der Waals surface area contributed by atoms with Crippen molar-refractivity contribution in [2.45, 2.75) is 26.9 Å². The molecule has 1 heterocycles. The lowest BCUT2D eigenvalue weighted by Gasteiger charge is -2.09. The van der Waals surface area contributed by atoms with Gasteiger partial charge < -0.3 is 9.88 Å². The number of hydrogen-bond donors (Lipinski definition) is 1. The lowest BCUT2D eigenvalue weighted by atomic mass is 10.1. The summed E-state index contributed by atoms with van der Waals surface area (Å²) in [7, 11) is 0. The number of aryl methyl sites for hydroxylation is 1. The van der Waals surface area contributed by atoms with E-state index in [9.17, 15) is 9.18 Å². The molecule has 4 rings (SSSR count). The van der Waals surface area contributed by atoms with E-state index in [0.29, 0.717) is 12.1 Å². The van der Waals surface area contributed by atoms with Crippen molar-refractivity contribution in [1.29, 1.82) is 0 Å². The van der Waals surface area contributed by atoms with Crippen molar-refractivity contribution in [2.24, 2.45) is 0 Å². The molecule has 0 aliphatic rings. The number of amides is 1. The number of nitrogens with one attached hydrogen (secondary N) is 1. The van der Waals surface area contributed by atoms with Gasteiger partial charge in [0.15, 0.2) is 0 Å². The van der Waals surface area contributed by atoms with Crippen LogP contribution in [0.1, 0.15) is 32.7 Å². The zero-order chi connectivity index (χ0) is 20.4. The predicted molar refractivity (Wildman–Crippen MR) is 115 cm³/mol. The molecule has 3 aromatic carbocycles. The zero-order valence-corrected chi connectivity index (χ0v) is 16.6. The molecule has 1 aromatic heterocycles. The Morgan fingerprint density at radius 2 is 1.66 bits per heavy atom. The molecule has 0 saturated heterocycles. The minimum absolute atomic E-state index is 0.135. The number of rotatable bonds is 5. The maximum atomic E-state index is 13.0. The smallest absolute Gasteiger partial charge is 0.251 e. The van der Waals surface area contributed by atoms with E-state index in [1.54, 1.807) is 12.1 Å². The minimum atomic E-state index is -0.281. The van der Waals surface area contributed by atoms with Crippen LogP contribution >= 0.6 is 0 Å². The molecule has 0 bridgehead atoms. The van der Waals surface area contributed by atoms with Gasteiger partial charge >= 0.3 is 0 Å². The fourth-order valence-corrected chi connectivity index (χ4v) is 3.65. The summed E-state index contributed by atoms with van der Waals surface area (Å²) in [5, 5.41) is 4.00. The number of halogens is 1. The monoisotopic (exact) mass is 386 g/mol. The Bertz CT molecular complexity index is 1160. The quantitative estimate of drug-likeness (QED) is 0.491. The number of hydrogen-bond acceptors (Lipinski definition) is 1. The maximum Gasteiger partial charge on any atom is 0.251 e. The topological polar surface area (TPSA) is 34.0 Å². The van der Waals surface area contributed by atoms with E-state index in [2.05, 4.69) is 35.9 Å². The molecule has 0 radical (unpaired) electrons. The normalized spacial score (nSPS) is 11.0. The molecule has 29 heavy (non-hydrogen) atoms. The highest BCUT2D eigenvalue weighted by atomic mass is 19.1. The van der Waals surface area contributed by atoms with E-state index in [4.69, 9.17) is 0 Å². The van der Waals surface area contributed by atoms with Gasteiger partial charge in [0.05, 0.1) is 0 Å². The van der Waals surface area contributed by atoms with E-state index in [1.807, 2.05) is 36.4 Å². The van der Waals surface area contributed by atoms with E-state index in [0.717, 1.165) is 23.0 Å². The van der Waals surface area contributed by atoms with Crippen LogP contribution in [0, 0.1) is 19.7 Å². The van der Waals surface area contributed by atoms with Crippen LogP contribution in [0.2, 0.25) is 0 Å². The first-order valence-corrected chi connectivity index (χ1v) is 9.69. The summed E-state index contributed by atoms with van der Waals surface area (Å²) < 4.78 is 15.3. The fraction of sp³-hybridized carbons (Fsp3) is 0.160. The van der Waals surface area contributed by atoms with Crippen molar-refractivity contribution in [3.8, 4) is 0 Å². The largest absolute Gasteiger partial charge is 0.348 e. The van der Waals surface area contributed by atoms with Gasteiger partial charge in [-0.25, -0.2) is 4.39 Å². The van der Waals surface area contributed by atoms with Gasteiger partial charge in [0, 0.05) is 35.2 Å².